The molecule has 35 heavy (non-hydrogen) atoms. The van der Waals surface area contributed by atoms with Crippen LogP contribution in [-0.4, -0.2) is 45.2 Å². The van der Waals surface area contributed by atoms with Crippen molar-refractivity contribution in [2.24, 2.45) is 0 Å². The molecular weight excluding hydrogens is 500 g/mol. The van der Waals surface area contributed by atoms with Gasteiger partial charge in [-0.15, -0.1) is 0 Å². The molecule has 0 aromatic heterocycles. The third-order valence-corrected chi connectivity index (χ3v) is 4.69. The summed E-state index contributed by atoms with van der Waals surface area (Å²) >= 11 is 3.00. The van der Waals surface area contributed by atoms with Crippen molar-refractivity contribution in [1.29, 1.82) is 0 Å². The summed E-state index contributed by atoms with van der Waals surface area (Å²) in [6.07, 6.45) is 3.92. The molecule has 0 N–H and O–H groups in total. The van der Waals surface area contributed by atoms with Crippen LogP contribution in [0.3, 0.4) is 0 Å². The van der Waals surface area contributed by atoms with Gasteiger partial charge in [-0.1, -0.05) is 0 Å². The predicted octanol–water partition coefficient (Wildman–Crippen LogP) is 2.97. The fourth-order valence-electron chi connectivity index (χ4n) is 3.09. The third kappa shape index (κ3) is 12.6. The number of hydrogen-bond donors (Lipinski definition) is 0. The summed E-state index contributed by atoms with van der Waals surface area (Å²) in [4.78, 5) is 0. The van der Waals surface area contributed by atoms with E-state index >= 15 is 0 Å². The Morgan fingerprint density at radius 3 is 1.71 bits per heavy atom. The van der Waals surface area contributed by atoms with Crippen molar-refractivity contribution in [3.05, 3.63) is 56.5 Å². The van der Waals surface area contributed by atoms with Crippen molar-refractivity contribution in [2.45, 2.75) is 38.9 Å². The van der Waals surface area contributed by atoms with Crippen molar-refractivity contribution in [2.75, 3.05) is 28.4 Å². The fourth-order valence-corrected chi connectivity index (χ4v) is 3.35. The van der Waals surface area contributed by atoms with Crippen LogP contribution < -0.4 is 14.2 Å². The molecule has 0 radical (unpaired) electrons. The standard InChI is InChI=1S/C19H26O5.5CO.Cr/c1-12(2)24-15-8-7-13-10-16(21-4)18(22-5)19(23-6)17(13)14(9-15)11-20-3;5*1-2;/h9-10,12,15H,7-8H2,1-6H3;;;;;;. The molecule has 0 saturated carbocycles. The van der Waals surface area contributed by atoms with Crippen LogP contribution in [0.5, 0.6) is 17.2 Å². The SMILES string of the molecule is CO[C](=[Cr])C1=CC(OC(C)C)CCc2cc(OC)c(OC)c(OC)c21.[C-]#[O+].[C-]#[O+].[C-]#[O+].[C-]#[O+].[C-]#[O+]. The van der Waals surface area contributed by atoms with Crippen molar-refractivity contribution >= 4 is 10.1 Å². The molecule has 0 bridgehead atoms. The average Bonchev–Trinajstić information content (AvgIpc) is 3.11. The van der Waals surface area contributed by atoms with Gasteiger partial charge in [-0.05, 0) is 0 Å². The van der Waals surface area contributed by atoms with Gasteiger partial charge in [0.1, 0.15) is 0 Å². The normalized spacial score (nSPS) is 12.3. The van der Waals surface area contributed by atoms with Crippen LogP contribution in [-0.2, 0) is 55.0 Å². The second-order valence-electron chi connectivity index (χ2n) is 6.01. The number of fused-ring (bicyclic) bond motifs is 1. The van der Waals surface area contributed by atoms with Crippen LogP contribution in [0.1, 0.15) is 31.4 Å². The first-order chi connectivity index (χ1) is 17.0. The first-order valence-electron chi connectivity index (χ1n) is 9.26. The molecule has 1 unspecified atom stereocenters. The summed E-state index contributed by atoms with van der Waals surface area (Å²) in [7, 11) is 6.51. The fraction of sp³-hybridized carbons (Fsp3) is 0.417. The van der Waals surface area contributed by atoms with E-state index in [0.717, 1.165) is 29.5 Å². The number of aryl methyl sites for hydroxylation is 1. The van der Waals surface area contributed by atoms with Crippen LogP contribution >= 0.6 is 0 Å². The van der Waals surface area contributed by atoms with Crippen LogP contribution in [0, 0.1) is 33.3 Å². The summed E-state index contributed by atoms with van der Waals surface area (Å²) in [6, 6.07) is 2.01. The molecule has 10 nitrogen and oxygen atoms in total. The van der Waals surface area contributed by atoms with Crippen LogP contribution in [0.2, 0.25) is 0 Å². The number of benzene rings is 1. The molecule has 1 atom stereocenters. The van der Waals surface area contributed by atoms with E-state index in [1.54, 1.807) is 28.4 Å². The first-order valence-corrected chi connectivity index (χ1v) is 9.90. The Bertz CT molecular complexity index is 844. The van der Waals surface area contributed by atoms with Gasteiger partial charge in [-0.25, -0.2) is 0 Å². The molecule has 1 aromatic carbocycles. The Morgan fingerprint density at radius 2 is 1.34 bits per heavy atom. The first kappa shape index (κ1) is 39.6. The molecule has 11 heteroatoms. The Labute approximate surface area is 214 Å². The molecule has 1 aromatic rings. The molecule has 0 aliphatic heterocycles. The zero-order valence-corrected chi connectivity index (χ0v) is 21.5. The minimum absolute atomic E-state index is 0.0115. The Morgan fingerprint density at radius 1 is 0.857 bits per heavy atom. The molecule has 0 heterocycles. The average molecular weight is 526 g/mol. The third-order valence-electron chi connectivity index (χ3n) is 4.08. The van der Waals surface area contributed by atoms with Gasteiger partial charge in [-0.3, -0.25) is 0 Å². The molecular formula is C24H26CrO10. The minimum atomic E-state index is -0.0115. The second kappa shape index (κ2) is 26.0. The Hall–Kier alpha value is -2.62. The number of methoxy groups -OCH3 is 4. The van der Waals surface area contributed by atoms with E-state index in [0.29, 0.717) is 21.8 Å². The van der Waals surface area contributed by atoms with Gasteiger partial charge in [0.2, 0.25) is 0 Å². The zero-order chi connectivity index (χ0) is 28.6. The second-order valence-corrected chi connectivity index (χ2v) is 6.59. The molecule has 2 rings (SSSR count). The number of hydrogen-bond acceptors (Lipinski definition) is 5. The predicted molar refractivity (Wildman–Crippen MR) is 114 cm³/mol. The van der Waals surface area contributed by atoms with Gasteiger partial charge in [0.05, 0.1) is 0 Å². The molecule has 0 fully saturated rings. The van der Waals surface area contributed by atoms with Crippen molar-refractivity contribution in [3.8, 4) is 17.2 Å². The number of rotatable bonds is 7. The monoisotopic (exact) mass is 526 g/mol. The van der Waals surface area contributed by atoms with E-state index < -0.39 is 0 Å². The van der Waals surface area contributed by atoms with Crippen molar-refractivity contribution in [1.82, 2.24) is 0 Å². The van der Waals surface area contributed by atoms with E-state index in [2.05, 4.69) is 55.2 Å². The summed E-state index contributed by atoms with van der Waals surface area (Å²) in [5, 5.41) is 0. The zero-order valence-electron chi connectivity index (χ0n) is 20.2. The van der Waals surface area contributed by atoms with Crippen molar-refractivity contribution in [3.63, 3.8) is 0 Å². The molecule has 0 amide bonds. The van der Waals surface area contributed by atoms with Gasteiger partial charge < -0.3 is 0 Å². The number of ether oxygens (including phenoxy) is 5. The van der Waals surface area contributed by atoms with E-state index in [1.807, 2.05) is 19.9 Å². The maximum atomic E-state index is 7.50. The van der Waals surface area contributed by atoms with Crippen LogP contribution in [0.25, 0.3) is 5.57 Å². The van der Waals surface area contributed by atoms with Gasteiger partial charge in [0.25, 0.3) is 0 Å². The summed E-state index contributed by atoms with van der Waals surface area (Å²) in [6.45, 7) is 26.6. The van der Waals surface area contributed by atoms with Gasteiger partial charge in [-0.2, -0.15) is 0 Å². The van der Waals surface area contributed by atoms with Crippen molar-refractivity contribution < 1.29 is 62.8 Å². The summed E-state index contributed by atoms with van der Waals surface area (Å²) in [5.74, 6) is 1.86. The molecule has 0 spiro atoms. The molecule has 1 aliphatic rings. The maximum absolute atomic E-state index is 7.50. The van der Waals surface area contributed by atoms with E-state index in [1.165, 1.54) is 0 Å². The van der Waals surface area contributed by atoms with E-state index in [9.17, 15) is 0 Å². The van der Waals surface area contributed by atoms with E-state index in [4.69, 9.17) is 46.9 Å². The van der Waals surface area contributed by atoms with Crippen LogP contribution in [0.4, 0.5) is 0 Å². The summed E-state index contributed by atoms with van der Waals surface area (Å²) < 4.78 is 66.5. The Kier molecular flexibility index (Phi) is 29.4. The quantitative estimate of drug-likeness (QED) is 0.396. The van der Waals surface area contributed by atoms with Crippen LogP contribution in [0.15, 0.2) is 12.1 Å². The van der Waals surface area contributed by atoms with Gasteiger partial charge >= 0.3 is 214 Å². The van der Waals surface area contributed by atoms with Gasteiger partial charge in [0, 0.05) is 0 Å². The molecule has 1 aliphatic carbocycles. The topological polar surface area (TPSA) is 146 Å². The van der Waals surface area contributed by atoms with E-state index in [-0.39, 0.29) is 12.2 Å². The van der Waals surface area contributed by atoms with Gasteiger partial charge in [0.15, 0.2) is 0 Å². The Balaban J connectivity index is -0.000000426. The summed E-state index contributed by atoms with van der Waals surface area (Å²) in [5.41, 5.74) is 2.98. The molecule has 188 valence electrons. The molecule has 0 saturated heterocycles.